The van der Waals surface area contributed by atoms with E-state index < -0.39 is 15.8 Å². The maximum Gasteiger partial charge on any atom is 0.285 e. The summed E-state index contributed by atoms with van der Waals surface area (Å²) in [5.74, 6) is -0.350. The highest BCUT2D eigenvalue weighted by Crippen LogP contribution is 2.27. The van der Waals surface area contributed by atoms with Crippen molar-refractivity contribution in [1.29, 1.82) is 0 Å². The number of aliphatic hydroxyl groups is 1. The molecule has 1 heterocycles. The van der Waals surface area contributed by atoms with Crippen LogP contribution in [-0.2, 0) is 10.0 Å². The Bertz CT molecular complexity index is 989. The molecule has 1 aliphatic rings. The first-order valence-corrected chi connectivity index (χ1v) is 9.11. The molecule has 0 radical (unpaired) electrons. The first kappa shape index (κ1) is 18.0. The molecule has 0 unspecified atom stereocenters. The number of amidine groups is 1. The zero-order chi connectivity index (χ0) is 18.7. The molecule has 0 saturated heterocycles. The number of halogens is 1. The second kappa shape index (κ2) is 7.22. The number of hydrazone groups is 1. The molecule has 0 saturated carbocycles. The topological polar surface area (TPSA) is 91.6 Å². The van der Waals surface area contributed by atoms with E-state index in [4.69, 9.17) is 9.84 Å². The molecular weight excluding hydrogens is 361 g/mol. The Balaban J connectivity index is 1.84. The van der Waals surface area contributed by atoms with Gasteiger partial charge in [-0.1, -0.05) is 18.2 Å². The molecule has 0 spiro atoms. The Kier molecular flexibility index (Phi) is 5.01. The van der Waals surface area contributed by atoms with E-state index in [9.17, 15) is 12.8 Å². The highest BCUT2D eigenvalue weighted by molar-refractivity contribution is 7.90. The fourth-order valence-corrected chi connectivity index (χ4v) is 3.63. The molecule has 7 nitrogen and oxygen atoms in total. The molecule has 9 heteroatoms. The van der Waals surface area contributed by atoms with Crippen molar-refractivity contribution in [3.63, 3.8) is 0 Å². The summed E-state index contributed by atoms with van der Waals surface area (Å²) in [6, 6.07) is 10.7. The molecule has 0 aliphatic carbocycles. The fraction of sp³-hybridized carbons (Fsp3) is 0.176. The van der Waals surface area contributed by atoms with Crippen LogP contribution in [0, 0.1) is 5.82 Å². The minimum atomic E-state index is -3.73. The molecule has 136 valence electrons. The highest BCUT2D eigenvalue weighted by atomic mass is 32.2. The lowest BCUT2D eigenvalue weighted by Crippen LogP contribution is -2.21. The Morgan fingerprint density at radius 3 is 2.85 bits per heavy atom. The van der Waals surface area contributed by atoms with E-state index in [0.29, 0.717) is 11.1 Å². The maximum absolute atomic E-state index is 13.6. The third kappa shape index (κ3) is 3.58. The number of nitrogens with zero attached hydrogens (tertiary/aromatic N) is 3. The van der Waals surface area contributed by atoms with Crippen molar-refractivity contribution < 1.29 is 22.7 Å². The van der Waals surface area contributed by atoms with Crippen LogP contribution in [0.25, 0.3) is 0 Å². The van der Waals surface area contributed by atoms with Crippen LogP contribution >= 0.6 is 0 Å². The first-order chi connectivity index (χ1) is 12.4. The van der Waals surface area contributed by atoms with Crippen LogP contribution in [-0.4, -0.2) is 50.8 Å². The van der Waals surface area contributed by atoms with E-state index in [2.05, 4.69) is 9.50 Å². The third-order valence-electron chi connectivity index (χ3n) is 3.60. The van der Waals surface area contributed by atoms with Crippen molar-refractivity contribution in [2.24, 2.45) is 9.50 Å². The van der Waals surface area contributed by atoms with E-state index in [-0.39, 0.29) is 29.7 Å². The van der Waals surface area contributed by atoms with E-state index in [1.54, 1.807) is 25.2 Å². The van der Waals surface area contributed by atoms with Crippen molar-refractivity contribution in [3.05, 3.63) is 59.4 Å². The van der Waals surface area contributed by atoms with E-state index in [0.717, 1.165) is 0 Å². The molecule has 26 heavy (non-hydrogen) atoms. The molecule has 2 aromatic rings. The minimum Gasteiger partial charge on any atom is -0.488 e. The van der Waals surface area contributed by atoms with Crippen molar-refractivity contribution >= 4 is 22.1 Å². The van der Waals surface area contributed by atoms with Gasteiger partial charge in [-0.15, -0.1) is 4.40 Å². The van der Waals surface area contributed by atoms with Gasteiger partial charge < -0.3 is 9.84 Å². The lowest BCUT2D eigenvalue weighted by Gasteiger charge is -2.12. The average Bonchev–Trinajstić information content (AvgIpc) is 2.91. The summed E-state index contributed by atoms with van der Waals surface area (Å²) >= 11 is 0. The molecule has 0 fully saturated rings. The summed E-state index contributed by atoms with van der Waals surface area (Å²) in [4.78, 5) is 0.138. The van der Waals surface area contributed by atoms with Gasteiger partial charge in [-0.2, -0.15) is 13.5 Å². The standard InChI is InChI=1S/C17H16FN3O4S/c1-21(17-13-4-2-3-5-16(13)26(23,24)20-17)19-11-12-6-7-14(18)15(10-12)25-9-8-22/h2-7,10-11,22H,8-9H2,1H3/b19-11+. The summed E-state index contributed by atoms with van der Waals surface area (Å²) < 4.78 is 46.7. The van der Waals surface area contributed by atoms with Gasteiger partial charge in [-0.25, -0.2) is 9.40 Å². The van der Waals surface area contributed by atoms with Gasteiger partial charge in [0.25, 0.3) is 10.0 Å². The number of sulfonamides is 1. The maximum atomic E-state index is 13.6. The van der Waals surface area contributed by atoms with Gasteiger partial charge in [-0.05, 0) is 29.8 Å². The summed E-state index contributed by atoms with van der Waals surface area (Å²) in [6.07, 6.45) is 1.43. The Hall–Kier alpha value is -2.78. The molecule has 3 rings (SSSR count). The van der Waals surface area contributed by atoms with Crippen LogP contribution in [0.2, 0.25) is 0 Å². The van der Waals surface area contributed by atoms with Crippen LogP contribution in [0.4, 0.5) is 4.39 Å². The van der Waals surface area contributed by atoms with Crippen LogP contribution < -0.4 is 4.74 Å². The number of rotatable bonds is 5. The zero-order valence-corrected chi connectivity index (χ0v) is 14.6. The number of hydrogen-bond acceptors (Lipinski definition) is 6. The van der Waals surface area contributed by atoms with E-state index in [1.165, 1.54) is 35.5 Å². The van der Waals surface area contributed by atoms with Crippen LogP contribution in [0.15, 0.2) is 56.9 Å². The fourth-order valence-electron chi connectivity index (χ4n) is 2.40. The SMILES string of the molecule is CN(/N=C/c1ccc(F)c(OCCO)c1)C1=NS(=O)(=O)c2ccccc21. The quantitative estimate of drug-likeness (QED) is 0.631. The van der Waals surface area contributed by atoms with Crippen molar-refractivity contribution in [1.82, 2.24) is 5.01 Å². The monoisotopic (exact) mass is 377 g/mol. The molecule has 0 bridgehead atoms. The second-order valence-corrected chi connectivity index (χ2v) is 6.99. The number of benzene rings is 2. The number of fused-ring (bicyclic) bond motifs is 1. The van der Waals surface area contributed by atoms with Gasteiger partial charge in [0.2, 0.25) is 0 Å². The van der Waals surface area contributed by atoms with E-state index >= 15 is 0 Å². The number of ether oxygens (including phenoxy) is 1. The minimum absolute atomic E-state index is 0.00298. The predicted octanol–water partition coefficient (Wildman–Crippen LogP) is 1.61. The highest BCUT2D eigenvalue weighted by Gasteiger charge is 2.30. The molecule has 0 amide bonds. The summed E-state index contributed by atoms with van der Waals surface area (Å²) in [5.41, 5.74) is 1.01. The molecule has 1 N–H and O–H groups in total. The Morgan fingerprint density at radius 1 is 1.31 bits per heavy atom. The lowest BCUT2D eigenvalue weighted by molar-refractivity contribution is 0.196. The van der Waals surface area contributed by atoms with Crippen LogP contribution in [0.1, 0.15) is 11.1 Å². The molecule has 1 aliphatic heterocycles. The predicted molar refractivity (Wildman–Crippen MR) is 94.5 cm³/mol. The smallest absolute Gasteiger partial charge is 0.285 e. The second-order valence-electron chi connectivity index (χ2n) is 5.42. The molecule has 0 atom stereocenters. The molecular formula is C17H16FN3O4S. The Morgan fingerprint density at radius 2 is 2.08 bits per heavy atom. The Labute approximate surface area is 150 Å². The summed E-state index contributed by atoms with van der Waals surface area (Å²) in [7, 11) is -2.16. The van der Waals surface area contributed by atoms with Crippen molar-refractivity contribution in [2.45, 2.75) is 4.90 Å². The average molecular weight is 377 g/mol. The normalized spacial score (nSPS) is 15.0. The van der Waals surface area contributed by atoms with Crippen molar-refractivity contribution in [2.75, 3.05) is 20.3 Å². The van der Waals surface area contributed by atoms with Gasteiger partial charge in [0, 0.05) is 12.6 Å². The number of hydrogen-bond donors (Lipinski definition) is 1. The number of aliphatic hydroxyl groups excluding tert-OH is 1. The van der Waals surface area contributed by atoms with Gasteiger partial charge in [0.05, 0.1) is 12.8 Å². The molecule has 0 aromatic heterocycles. The summed E-state index contributed by atoms with van der Waals surface area (Å²) in [5, 5.41) is 14.3. The lowest BCUT2D eigenvalue weighted by atomic mass is 10.2. The summed E-state index contributed by atoms with van der Waals surface area (Å²) in [6.45, 7) is -0.253. The third-order valence-corrected chi connectivity index (χ3v) is 4.93. The van der Waals surface area contributed by atoms with Crippen molar-refractivity contribution in [3.8, 4) is 5.75 Å². The van der Waals surface area contributed by atoms with E-state index in [1.807, 2.05) is 0 Å². The van der Waals surface area contributed by atoms with Gasteiger partial charge in [0.15, 0.2) is 17.4 Å². The largest absolute Gasteiger partial charge is 0.488 e. The van der Waals surface area contributed by atoms with Gasteiger partial charge >= 0.3 is 0 Å². The van der Waals surface area contributed by atoms with Gasteiger partial charge in [0.1, 0.15) is 11.5 Å². The van der Waals surface area contributed by atoms with Crippen LogP contribution in [0.3, 0.4) is 0 Å². The van der Waals surface area contributed by atoms with Crippen LogP contribution in [0.5, 0.6) is 5.75 Å². The van der Waals surface area contributed by atoms with Gasteiger partial charge in [-0.3, -0.25) is 0 Å². The first-order valence-electron chi connectivity index (χ1n) is 7.67. The molecule has 2 aromatic carbocycles. The zero-order valence-electron chi connectivity index (χ0n) is 13.8.